The normalized spacial score (nSPS) is 18.6. The van der Waals surface area contributed by atoms with E-state index in [0.717, 1.165) is 29.4 Å². The van der Waals surface area contributed by atoms with Crippen molar-refractivity contribution in [2.75, 3.05) is 37.7 Å². The molecule has 2 heterocycles. The highest BCUT2D eigenvalue weighted by atomic mass is 16.5. The Labute approximate surface area is 192 Å². The van der Waals surface area contributed by atoms with Crippen molar-refractivity contribution < 1.29 is 23.8 Å². The van der Waals surface area contributed by atoms with Crippen LogP contribution in [0.15, 0.2) is 60.7 Å². The van der Waals surface area contributed by atoms with E-state index < -0.39 is 12.1 Å². The summed E-state index contributed by atoms with van der Waals surface area (Å²) in [6.45, 7) is 5.19. The fourth-order valence-electron chi connectivity index (χ4n) is 4.36. The zero-order valence-corrected chi connectivity index (χ0v) is 18.5. The third-order valence-corrected chi connectivity index (χ3v) is 6.07. The molecule has 0 aromatic heterocycles. The lowest BCUT2D eigenvalue weighted by atomic mass is 10.0. The minimum atomic E-state index is -0.662. The lowest BCUT2D eigenvalue weighted by molar-refractivity contribution is -0.135. The predicted octanol–water partition coefficient (Wildman–Crippen LogP) is 3.39. The van der Waals surface area contributed by atoms with Crippen molar-refractivity contribution in [2.45, 2.75) is 19.6 Å². The fraction of sp³-hybridized carbons (Fsp3) is 0.308. The van der Waals surface area contributed by atoms with E-state index in [0.29, 0.717) is 36.9 Å². The molecule has 0 radical (unpaired) electrons. The Kier molecular flexibility index (Phi) is 5.98. The van der Waals surface area contributed by atoms with Crippen molar-refractivity contribution in [3.63, 3.8) is 0 Å². The van der Waals surface area contributed by atoms with Crippen LogP contribution in [0.25, 0.3) is 10.8 Å². The number of hydrogen-bond donors (Lipinski definition) is 0. The highest BCUT2D eigenvalue weighted by Gasteiger charge is 2.33. The van der Waals surface area contributed by atoms with Crippen molar-refractivity contribution in [1.29, 1.82) is 0 Å². The molecule has 1 atom stereocenters. The number of ether oxygens (including phenoxy) is 3. The maximum Gasteiger partial charge on any atom is 0.331 e. The Bertz CT molecular complexity index is 1190. The molecule has 2 aliphatic rings. The Balaban J connectivity index is 1.41. The van der Waals surface area contributed by atoms with Crippen LogP contribution in [0.3, 0.4) is 0 Å². The zero-order chi connectivity index (χ0) is 22.8. The monoisotopic (exact) mass is 446 g/mol. The van der Waals surface area contributed by atoms with Crippen LogP contribution in [-0.2, 0) is 20.9 Å². The third kappa shape index (κ3) is 4.42. The van der Waals surface area contributed by atoms with Crippen LogP contribution < -0.4 is 14.4 Å². The van der Waals surface area contributed by atoms with Gasteiger partial charge in [-0.25, -0.2) is 4.79 Å². The molecule has 5 rings (SSSR count). The molecule has 0 aliphatic carbocycles. The Morgan fingerprint density at radius 3 is 2.64 bits per heavy atom. The molecule has 0 N–H and O–H groups in total. The lowest BCUT2D eigenvalue weighted by Crippen LogP contribution is -2.47. The molecule has 170 valence electrons. The minimum absolute atomic E-state index is 0.187. The molecule has 0 saturated carbocycles. The van der Waals surface area contributed by atoms with Gasteiger partial charge in [0.15, 0.2) is 6.10 Å². The number of anilines is 1. The number of rotatable bonds is 5. The number of para-hydroxylation sites is 2. The second-order valence-corrected chi connectivity index (χ2v) is 8.28. The predicted molar refractivity (Wildman–Crippen MR) is 125 cm³/mol. The summed E-state index contributed by atoms with van der Waals surface area (Å²) >= 11 is 0. The van der Waals surface area contributed by atoms with Gasteiger partial charge in [0.25, 0.3) is 5.91 Å². The summed E-state index contributed by atoms with van der Waals surface area (Å²) in [5, 5.41) is 2.14. The van der Waals surface area contributed by atoms with Crippen LogP contribution in [0.5, 0.6) is 11.5 Å². The number of carbonyl (C=O) groups excluding carboxylic acids is 2. The summed E-state index contributed by atoms with van der Waals surface area (Å²) < 4.78 is 17.0. The highest BCUT2D eigenvalue weighted by molar-refractivity contribution is 6.03. The average molecular weight is 447 g/mol. The second kappa shape index (κ2) is 9.21. The van der Waals surface area contributed by atoms with E-state index in [-0.39, 0.29) is 12.5 Å². The maximum atomic E-state index is 13.0. The molecule has 2 aliphatic heterocycles. The van der Waals surface area contributed by atoms with Crippen LogP contribution >= 0.6 is 0 Å². The van der Waals surface area contributed by atoms with Crippen molar-refractivity contribution in [2.24, 2.45) is 0 Å². The summed E-state index contributed by atoms with van der Waals surface area (Å²) in [6.07, 6.45) is -0.662. The van der Waals surface area contributed by atoms with E-state index in [1.54, 1.807) is 19.1 Å². The topological polar surface area (TPSA) is 68.3 Å². The maximum absolute atomic E-state index is 13.0. The number of fused-ring (bicyclic) bond motifs is 2. The standard InChI is InChI=1S/C26H26N2O5/c1-18-26(30)28(22-8-4-5-9-24(22)32-18)17-25(29)33-23-11-10-19-6-2-3-7-20(19)21(23)16-27-12-14-31-15-13-27/h2-11,18H,12-17H2,1H3. The van der Waals surface area contributed by atoms with E-state index >= 15 is 0 Å². The Hall–Kier alpha value is -3.42. The van der Waals surface area contributed by atoms with Gasteiger partial charge in [-0.05, 0) is 35.9 Å². The SMILES string of the molecule is CC1Oc2ccccc2N(CC(=O)Oc2ccc3ccccc3c2CN2CCOCC2)C1=O. The van der Waals surface area contributed by atoms with E-state index in [9.17, 15) is 9.59 Å². The first-order valence-electron chi connectivity index (χ1n) is 11.2. The van der Waals surface area contributed by atoms with Gasteiger partial charge >= 0.3 is 5.97 Å². The van der Waals surface area contributed by atoms with E-state index in [2.05, 4.69) is 11.0 Å². The summed E-state index contributed by atoms with van der Waals surface area (Å²) in [7, 11) is 0. The molecule has 1 saturated heterocycles. The third-order valence-electron chi connectivity index (χ3n) is 6.07. The smallest absolute Gasteiger partial charge is 0.331 e. The molecule has 7 nitrogen and oxygen atoms in total. The second-order valence-electron chi connectivity index (χ2n) is 8.28. The number of hydrogen-bond acceptors (Lipinski definition) is 6. The van der Waals surface area contributed by atoms with Gasteiger partial charge in [0.05, 0.1) is 18.9 Å². The van der Waals surface area contributed by atoms with E-state index in [4.69, 9.17) is 14.2 Å². The highest BCUT2D eigenvalue weighted by Crippen LogP contribution is 2.34. The van der Waals surface area contributed by atoms with E-state index in [1.165, 1.54) is 4.90 Å². The molecule has 3 aromatic carbocycles. The molecule has 3 aromatic rings. The van der Waals surface area contributed by atoms with Gasteiger partial charge in [-0.15, -0.1) is 0 Å². The van der Waals surface area contributed by atoms with Crippen LogP contribution in [0, 0.1) is 0 Å². The minimum Gasteiger partial charge on any atom is -0.479 e. The number of morpholine rings is 1. The first kappa shape index (κ1) is 21.4. The van der Waals surface area contributed by atoms with Crippen molar-refractivity contribution in [1.82, 2.24) is 4.90 Å². The van der Waals surface area contributed by atoms with E-state index in [1.807, 2.05) is 42.5 Å². The number of benzene rings is 3. The van der Waals surface area contributed by atoms with Crippen LogP contribution in [-0.4, -0.2) is 55.7 Å². The van der Waals surface area contributed by atoms with Gasteiger partial charge in [-0.2, -0.15) is 0 Å². The quantitative estimate of drug-likeness (QED) is 0.442. The first-order valence-corrected chi connectivity index (χ1v) is 11.2. The molecule has 1 fully saturated rings. The number of esters is 1. The van der Waals surface area contributed by atoms with Crippen LogP contribution in [0.1, 0.15) is 12.5 Å². The summed E-state index contributed by atoms with van der Waals surface area (Å²) in [4.78, 5) is 29.5. The van der Waals surface area contributed by atoms with Crippen LogP contribution in [0.2, 0.25) is 0 Å². The molecule has 0 spiro atoms. The molecule has 7 heteroatoms. The van der Waals surface area contributed by atoms with Crippen molar-refractivity contribution >= 4 is 28.3 Å². The van der Waals surface area contributed by atoms with Gasteiger partial charge in [-0.3, -0.25) is 14.6 Å². The van der Waals surface area contributed by atoms with Gasteiger partial charge < -0.3 is 14.2 Å². The zero-order valence-electron chi connectivity index (χ0n) is 18.5. The van der Waals surface area contributed by atoms with Gasteiger partial charge in [-0.1, -0.05) is 42.5 Å². The average Bonchev–Trinajstić information content (AvgIpc) is 2.84. The summed E-state index contributed by atoms with van der Waals surface area (Å²) in [5.41, 5.74) is 1.54. The largest absolute Gasteiger partial charge is 0.479 e. The Morgan fingerprint density at radius 1 is 1.03 bits per heavy atom. The van der Waals surface area contributed by atoms with Gasteiger partial charge in [0.2, 0.25) is 0 Å². The Morgan fingerprint density at radius 2 is 1.79 bits per heavy atom. The van der Waals surface area contributed by atoms with Crippen molar-refractivity contribution in [3.05, 3.63) is 66.2 Å². The molecule has 1 amide bonds. The molecule has 33 heavy (non-hydrogen) atoms. The van der Waals surface area contributed by atoms with Crippen LogP contribution in [0.4, 0.5) is 5.69 Å². The first-order chi connectivity index (χ1) is 16.1. The molecule has 1 unspecified atom stereocenters. The van der Waals surface area contributed by atoms with Gasteiger partial charge in [0, 0.05) is 25.2 Å². The number of nitrogens with zero attached hydrogens (tertiary/aromatic N) is 2. The fourth-order valence-corrected chi connectivity index (χ4v) is 4.36. The number of amides is 1. The number of carbonyl (C=O) groups is 2. The molecule has 0 bridgehead atoms. The molecular formula is C26H26N2O5. The lowest BCUT2D eigenvalue weighted by Gasteiger charge is -2.32. The van der Waals surface area contributed by atoms with Crippen molar-refractivity contribution in [3.8, 4) is 11.5 Å². The molecular weight excluding hydrogens is 420 g/mol. The summed E-state index contributed by atoms with van der Waals surface area (Å²) in [5.74, 6) is 0.340. The van der Waals surface area contributed by atoms with Gasteiger partial charge in [0.1, 0.15) is 18.0 Å². The summed E-state index contributed by atoms with van der Waals surface area (Å²) in [6, 6.07) is 19.1.